The molecule has 0 fully saturated rings. The summed E-state index contributed by atoms with van der Waals surface area (Å²) < 4.78 is 2.06. The van der Waals surface area contributed by atoms with Gasteiger partial charge in [-0.25, -0.2) is 4.98 Å². The first-order valence-corrected chi connectivity index (χ1v) is 11.9. The molecule has 0 saturated carbocycles. The van der Waals surface area contributed by atoms with Crippen molar-refractivity contribution in [2.75, 3.05) is 0 Å². The van der Waals surface area contributed by atoms with Gasteiger partial charge in [-0.1, -0.05) is 90.5 Å². The van der Waals surface area contributed by atoms with Gasteiger partial charge in [0.05, 0.1) is 12.1 Å². The van der Waals surface area contributed by atoms with Crippen LogP contribution in [0.2, 0.25) is 0 Å². The molecule has 1 amide bonds. The maximum absolute atomic E-state index is 13.5. The van der Waals surface area contributed by atoms with Crippen molar-refractivity contribution >= 4 is 22.2 Å². The van der Waals surface area contributed by atoms with Gasteiger partial charge in [0.1, 0.15) is 0 Å². The monoisotopic (exact) mass is 451 g/mol. The fraction of sp³-hybridized carbons (Fsp3) is 0.143. The number of hydrogen-bond donors (Lipinski definition) is 0. The number of carbonyl (C=O) groups excluding carboxylic acids is 1. The first-order valence-electron chi connectivity index (χ1n) is 11.0. The summed E-state index contributed by atoms with van der Waals surface area (Å²) in [5.41, 5.74) is 6.47. The lowest BCUT2D eigenvalue weighted by Crippen LogP contribution is -2.31. The normalized spacial score (nSPS) is 11.1. The van der Waals surface area contributed by atoms with Crippen molar-refractivity contribution in [3.63, 3.8) is 0 Å². The van der Waals surface area contributed by atoms with E-state index in [0.29, 0.717) is 19.5 Å². The fourth-order valence-electron chi connectivity index (χ4n) is 3.93. The van der Waals surface area contributed by atoms with E-state index < -0.39 is 0 Å². The van der Waals surface area contributed by atoms with E-state index in [4.69, 9.17) is 4.98 Å². The second-order valence-corrected chi connectivity index (χ2v) is 9.11. The van der Waals surface area contributed by atoms with E-state index in [1.807, 2.05) is 52.9 Å². The molecule has 5 rings (SSSR count). The van der Waals surface area contributed by atoms with Gasteiger partial charge in [-0.05, 0) is 18.1 Å². The zero-order valence-electron chi connectivity index (χ0n) is 18.5. The molecule has 0 aliphatic rings. The average molecular weight is 452 g/mol. The quantitative estimate of drug-likeness (QED) is 0.298. The molecule has 3 aromatic carbocycles. The lowest BCUT2D eigenvalue weighted by molar-refractivity contribution is -0.131. The predicted octanol–water partition coefficient (Wildman–Crippen LogP) is 6.14. The summed E-state index contributed by atoms with van der Waals surface area (Å²) in [6, 6.07) is 28.7. The minimum Gasteiger partial charge on any atom is -0.334 e. The van der Waals surface area contributed by atoms with E-state index in [2.05, 4.69) is 59.9 Å². The van der Waals surface area contributed by atoms with Crippen LogP contribution in [0.4, 0.5) is 0 Å². The van der Waals surface area contributed by atoms with Crippen molar-refractivity contribution in [3.8, 4) is 11.3 Å². The number of aromatic nitrogens is 2. The number of fused-ring (bicyclic) bond motifs is 1. The predicted molar refractivity (Wildman–Crippen MR) is 134 cm³/mol. The molecular weight excluding hydrogens is 426 g/mol. The summed E-state index contributed by atoms with van der Waals surface area (Å²) in [5, 5.41) is 2.04. The fourth-order valence-corrected chi connectivity index (χ4v) is 4.80. The summed E-state index contributed by atoms with van der Waals surface area (Å²) in [5.74, 6) is 0.105. The van der Waals surface area contributed by atoms with Gasteiger partial charge in [-0.15, -0.1) is 11.3 Å². The minimum atomic E-state index is 0.105. The zero-order valence-corrected chi connectivity index (χ0v) is 19.3. The lowest BCUT2D eigenvalue weighted by Gasteiger charge is -2.23. The van der Waals surface area contributed by atoms with Crippen LogP contribution in [-0.2, 0) is 24.3 Å². The highest BCUT2D eigenvalue weighted by Gasteiger charge is 2.18. The van der Waals surface area contributed by atoms with Crippen molar-refractivity contribution in [3.05, 3.63) is 119 Å². The van der Waals surface area contributed by atoms with Crippen LogP contribution in [0.5, 0.6) is 0 Å². The SMILES string of the molecule is Cc1ccc(-c2cn3c(CC(=O)N(Cc4ccccc4)Cc4ccccc4)csc3n2)cc1. The Morgan fingerprint density at radius 1 is 0.879 bits per heavy atom. The average Bonchev–Trinajstić information content (AvgIpc) is 3.42. The molecule has 0 unspecified atom stereocenters. The number of nitrogens with zero attached hydrogens (tertiary/aromatic N) is 3. The second-order valence-electron chi connectivity index (χ2n) is 8.27. The lowest BCUT2D eigenvalue weighted by atomic mass is 10.1. The van der Waals surface area contributed by atoms with Gasteiger partial charge in [-0.3, -0.25) is 9.20 Å². The number of amides is 1. The molecule has 2 aromatic heterocycles. The third kappa shape index (κ3) is 4.89. The van der Waals surface area contributed by atoms with Gasteiger partial charge in [0.2, 0.25) is 5.91 Å². The first-order chi connectivity index (χ1) is 16.2. The largest absolute Gasteiger partial charge is 0.334 e. The Kier molecular flexibility index (Phi) is 6.05. The number of aryl methyl sites for hydroxylation is 1. The van der Waals surface area contributed by atoms with Gasteiger partial charge in [-0.2, -0.15) is 0 Å². The molecule has 0 saturated heterocycles. The molecule has 0 radical (unpaired) electrons. The van der Waals surface area contributed by atoms with Crippen molar-refractivity contribution in [1.82, 2.24) is 14.3 Å². The van der Waals surface area contributed by atoms with E-state index in [0.717, 1.165) is 33.0 Å². The molecule has 0 aliphatic heterocycles. The van der Waals surface area contributed by atoms with Crippen LogP contribution < -0.4 is 0 Å². The molecule has 0 spiro atoms. The number of benzene rings is 3. The molecule has 0 bridgehead atoms. The van der Waals surface area contributed by atoms with Gasteiger partial charge in [0.15, 0.2) is 4.96 Å². The van der Waals surface area contributed by atoms with Crippen LogP contribution in [0, 0.1) is 6.92 Å². The summed E-state index contributed by atoms with van der Waals surface area (Å²) in [7, 11) is 0. The van der Waals surface area contributed by atoms with Crippen LogP contribution in [-0.4, -0.2) is 20.2 Å². The number of imidazole rings is 1. The van der Waals surface area contributed by atoms with E-state index in [1.54, 1.807) is 11.3 Å². The Bertz CT molecular complexity index is 1310. The highest BCUT2D eigenvalue weighted by atomic mass is 32.1. The molecule has 0 N–H and O–H groups in total. The minimum absolute atomic E-state index is 0.105. The van der Waals surface area contributed by atoms with E-state index >= 15 is 0 Å². The van der Waals surface area contributed by atoms with Crippen LogP contribution in [0.3, 0.4) is 0 Å². The molecule has 4 nitrogen and oxygen atoms in total. The van der Waals surface area contributed by atoms with Crippen LogP contribution in [0.25, 0.3) is 16.2 Å². The molecule has 164 valence electrons. The Labute approximate surface area is 197 Å². The van der Waals surface area contributed by atoms with Crippen molar-refractivity contribution in [2.24, 2.45) is 0 Å². The molecule has 5 heteroatoms. The molecule has 0 atom stereocenters. The number of hydrogen-bond acceptors (Lipinski definition) is 3. The van der Waals surface area contributed by atoms with E-state index in [9.17, 15) is 4.79 Å². The van der Waals surface area contributed by atoms with Crippen molar-refractivity contribution < 1.29 is 4.79 Å². The summed E-state index contributed by atoms with van der Waals surface area (Å²) in [4.78, 5) is 21.1. The van der Waals surface area contributed by atoms with Crippen LogP contribution in [0.15, 0.2) is 96.5 Å². The maximum Gasteiger partial charge on any atom is 0.229 e. The maximum atomic E-state index is 13.5. The van der Waals surface area contributed by atoms with Crippen molar-refractivity contribution in [2.45, 2.75) is 26.4 Å². The van der Waals surface area contributed by atoms with Crippen LogP contribution >= 0.6 is 11.3 Å². The highest BCUT2D eigenvalue weighted by Crippen LogP contribution is 2.25. The topological polar surface area (TPSA) is 37.6 Å². The summed E-state index contributed by atoms with van der Waals surface area (Å²) >= 11 is 1.58. The molecular formula is C28H25N3OS. The van der Waals surface area contributed by atoms with Gasteiger partial charge in [0, 0.05) is 35.9 Å². The van der Waals surface area contributed by atoms with Gasteiger partial charge >= 0.3 is 0 Å². The van der Waals surface area contributed by atoms with Crippen LogP contribution in [0.1, 0.15) is 22.4 Å². The number of rotatable bonds is 7. The molecule has 2 heterocycles. The third-order valence-corrected chi connectivity index (χ3v) is 6.64. The molecule has 33 heavy (non-hydrogen) atoms. The highest BCUT2D eigenvalue weighted by molar-refractivity contribution is 7.15. The smallest absolute Gasteiger partial charge is 0.229 e. The third-order valence-electron chi connectivity index (χ3n) is 5.75. The standard InChI is InChI=1S/C28H25N3OS/c1-21-12-14-24(15-13-21)26-19-31-25(20-33-28(31)29-26)16-27(32)30(17-22-8-4-2-5-9-22)18-23-10-6-3-7-11-23/h2-15,19-20H,16-18H2,1H3. The first kappa shape index (κ1) is 21.2. The number of carbonyl (C=O) groups is 1. The van der Waals surface area contributed by atoms with Crippen molar-refractivity contribution in [1.29, 1.82) is 0 Å². The summed E-state index contributed by atoms with van der Waals surface area (Å²) in [6.45, 7) is 3.25. The summed E-state index contributed by atoms with van der Waals surface area (Å²) in [6.07, 6.45) is 2.38. The Morgan fingerprint density at radius 2 is 1.48 bits per heavy atom. The Morgan fingerprint density at radius 3 is 2.09 bits per heavy atom. The Balaban J connectivity index is 1.39. The second kappa shape index (κ2) is 9.43. The molecule has 0 aliphatic carbocycles. The Hall–Kier alpha value is -3.70. The van der Waals surface area contributed by atoms with Gasteiger partial charge < -0.3 is 4.90 Å². The van der Waals surface area contributed by atoms with Gasteiger partial charge in [0.25, 0.3) is 0 Å². The van der Waals surface area contributed by atoms with E-state index in [1.165, 1.54) is 5.56 Å². The molecule has 5 aromatic rings. The van der Waals surface area contributed by atoms with E-state index in [-0.39, 0.29) is 5.91 Å². The zero-order chi connectivity index (χ0) is 22.6. The number of thiazole rings is 1.